The summed E-state index contributed by atoms with van der Waals surface area (Å²) in [5.74, 6) is 6.50. The van der Waals surface area contributed by atoms with Gasteiger partial charge in [-0.1, -0.05) is 72.5 Å². The van der Waals surface area contributed by atoms with E-state index in [1.807, 2.05) is 72.8 Å². The first-order valence-corrected chi connectivity index (χ1v) is 14.2. The molecule has 0 unspecified atom stereocenters. The van der Waals surface area contributed by atoms with Gasteiger partial charge in [0, 0.05) is 42.2 Å². The lowest BCUT2D eigenvalue weighted by molar-refractivity contribution is -0.0554. The number of aliphatic hydroxyl groups excluding tert-OH is 1. The van der Waals surface area contributed by atoms with Crippen LogP contribution in [0.1, 0.15) is 41.0 Å². The molecular weight excluding hydrogens is 468 g/mol. The molecular formula is C30H32N2O3S. The number of hydrogen-bond donors (Lipinski definition) is 1. The lowest BCUT2D eigenvalue weighted by atomic mass is 9.74. The maximum atomic E-state index is 13.4. The van der Waals surface area contributed by atoms with E-state index in [0.717, 1.165) is 41.6 Å². The predicted octanol–water partition coefficient (Wildman–Crippen LogP) is 3.84. The fourth-order valence-corrected chi connectivity index (χ4v) is 7.08. The second-order valence-corrected chi connectivity index (χ2v) is 11.6. The summed E-state index contributed by atoms with van der Waals surface area (Å²) in [5.41, 5.74) is 3.84. The van der Waals surface area contributed by atoms with Crippen molar-refractivity contribution in [1.29, 1.82) is 0 Å². The van der Waals surface area contributed by atoms with Crippen molar-refractivity contribution in [2.45, 2.75) is 36.6 Å². The quantitative estimate of drug-likeness (QED) is 0.541. The number of benzene rings is 3. The summed E-state index contributed by atoms with van der Waals surface area (Å²) >= 11 is 0. The molecule has 0 aliphatic carbocycles. The zero-order valence-electron chi connectivity index (χ0n) is 20.3. The van der Waals surface area contributed by atoms with E-state index in [4.69, 9.17) is 0 Å². The third kappa shape index (κ3) is 5.40. The molecule has 0 aromatic heterocycles. The molecule has 0 bridgehead atoms. The SMILES string of the molecule is O=S(=O)(Cc1ccccc1)N1CCCCN2[C@@H](CO)[C@H](c3ccc(C#Cc4ccccc4)cc3)[C@@H]2C1. The third-order valence-electron chi connectivity index (χ3n) is 7.34. The van der Waals surface area contributed by atoms with E-state index < -0.39 is 10.0 Å². The van der Waals surface area contributed by atoms with Crippen molar-refractivity contribution in [3.63, 3.8) is 0 Å². The minimum Gasteiger partial charge on any atom is -0.395 e. The summed E-state index contributed by atoms with van der Waals surface area (Å²) in [6, 6.07) is 27.6. The van der Waals surface area contributed by atoms with E-state index in [9.17, 15) is 13.5 Å². The Morgan fingerprint density at radius 3 is 2.08 bits per heavy atom. The fraction of sp³-hybridized carbons (Fsp3) is 0.333. The Labute approximate surface area is 214 Å². The van der Waals surface area contributed by atoms with Crippen molar-refractivity contribution < 1.29 is 13.5 Å². The van der Waals surface area contributed by atoms with Crippen LogP contribution in [0, 0.1) is 11.8 Å². The van der Waals surface area contributed by atoms with Gasteiger partial charge in [-0.15, -0.1) is 0 Å². The topological polar surface area (TPSA) is 60.9 Å². The Kier molecular flexibility index (Phi) is 7.54. The van der Waals surface area contributed by atoms with Crippen LogP contribution in [-0.4, -0.2) is 61.1 Å². The molecule has 2 aliphatic rings. The second kappa shape index (κ2) is 11.0. The van der Waals surface area contributed by atoms with Gasteiger partial charge in [0.05, 0.1) is 12.4 Å². The lowest BCUT2D eigenvalue weighted by Gasteiger charge is -2.57. The highest BCUT2D eigenvalue weighted by Crippen LogP contribution is 2.42. The maximum absolute atomic E-state index is 13.4. The molecule has 0 spiro atoms. The Morgan fingerprint density at radius 1 is 0.806 bits per heavy atom. The average molecular weight is 501 g/mol. The minimum atomic E-state index is -3.44. The van der Waals surface area contributed by atoms with Gasteiger partial charge in [0.2, 0.25) is 10.0 Å². The highest BCUT2D eigenvalue weighted by Gasteiger charge is 2.50. The van der Waals surface area contributed by atoms with Crippen LogP contribution < -0.4 is 0 Å². The predicted molar refractivity (Wildman–Crippen MR) is 143 cm³/mol. The number of hydrogen-bond acceptors (Lipinski definition) is 4. The number of nitrogens with zero attached hydrogens (tertiary/aromatic N) is 2. The van der Waals surface area contributed by atoms with Gasteiger partial charge in [-0.25, -0.2) is 12.7 Å². The van der Waals surface area contributed by atoms with Crippen molar-refractivity contribution in [2.75, 3.05) is 26.2 Å². The van der Waals surface area contributed by atoms with Gasteiger partial charge < -0.3 is 5.11 Å². The highest BCUT2D eigenvalue weighted by atomic mass is 32.2. The smallest absolute Gasteiger partial charge is 0.218 e. The summed E-state index contributed by atoms with van der Waals surface area (Å²) in [4.78, 5) is 2.30. The number of sulfonamides is 1. The van der Waals surface area contributed by atoms with E-state index >= 15 is 0 Å². The average Bonchev–Trinajstić information content (AvgIpc) is 2.88. The molecule has 2 heterocycles. The van der Waals surface area contributed by atoms with Crippen LogP contribution in [0.25, 0.3) is 0 Å². The fourth-order valence-electron chi connectivity index (χ4n) is 5.49. The lowest BCUT2D eigenvalue weighted by Crippen LogP contribution is -2.67. The van der Waals surface area contributed by atoms with Crippen molar-refractivity contribution in [1.82, 2.24) is 9.21 Å². The Morgan fingerprint density at radius 2 is 1.42 bits per heavy atom. The molecule has 2 saturated heterocycles. The van der Waals surface area contributed by atoms with Crippen LogP contribution in [0.5, 0.6) is 0 Å². The molecule has 3 aromatic carbocycles. The van der Waals surface area contributed by atoms with E-state index in [-0.39, 0.29) is 30.4 Å². The normalized spacial score (nSPS) is 22.9. The summed E-state index contributed by atoms with van der Waals surface area (Å²) < 4.78 is 28.4. The molecule has 3 aromatic rings. The Bertz CT molecular complexity index is 1320. The molecule has 2 aliphatic heterocycles. The molecule has 0 amide bonds. The Balaban J connectivity index is 1.35. The molecule has 3 atom stereocenters. The summed E-state index contributed by atoms with van der Waals surface area (Å²) in [6.45, 7) is 1.95. The zero-order valence-corrected chi connectivity index (χ0v) is 21.1. The highest BCUT2D eigenvalue weighted by molar-refractivity contribution is 7.88. The monoisotopic (exact) mass is 500 g/mol. The van der Waals surface area contributed by atoms with Crippen LogP contribution in [0.3, 0.4) is 0 Å². The van der Waals surface area contributed by atoms with Crippen LogP contribution >= 0.6 is 0 Å². The van der Waals surface area contributed by atoms with E-state index in [0.29, 0.717) is 13.1 Å². The van der Waals surface area contributed by atoms with Crippen LogP contribution in [0.2, 0.25) is 0 Å². The summed E-state index contributed by atoms with van der Waals surface area (Å²) in [7, 11) is -3.44. The van der Waals surface area contributed by atoms with Gasteiger partial charge in [-0.3, -0.25) is 4.90 Å². The van der Waals surface area contributed by atoms with Crippen molar-refractivity contribution in [3.8, 4) is 11.8 Å². The van der Waals surface area contributed by atoms with Gasteiger partial charge in [-0.05, 0) is 54.8 Å². The second-order valence-electron chi connectivity index (χ2n) is 9.63. The maximum Gasteiger partial charge on any atom is 0.218 e. The molecule has 0 saturated carbocycles. The van der Waals surface area contributed by atoms with Gasteiger partial charge in [0.1, 0.15) is 0 Å². The first-order valence-electron chi connectivity index (χ1n) is 12.6. The first kappa shape index (κ1) is 24.7. The minimum absolute atomic E-state index is 0.00744. The van der Waals surface area contributed by atoms with Gasteiger partial charge >= 0.3 is 0 Å². The Hall–Kier alpha value is -2.95. The van der Waals surface area contributed by atoms with Crippen molar-refractivity contribution >= 4 is 10.0 Å². The number of fused-ring (bicyclic) bond motifs is 1. The molecule has 6 heteroatoms. The van der Waals surface area contributed by atoms with Crippen molar-refractivity contribution in [2.24, 2.45) is 0 Å². The summed E-state index contributed by atoms with van der Waals surface area (Å²) in [5, 5.41) is 10.2. The largest absolute Gasteiger partial charge is 0.395 e. The van der Waals surface area contributed by atoms with E-state index in [2.05, 4.69) is 28.9 Å². The van der Waals surface area contributed by atoms with Crippen LogP contribution in [-0.2, 0) is 15.8 Å². The first-order chi connectivity index (χ1) is 17.5. The molecule has 1 N–H and O–H groups in total. The van der Waals surface area contributed by atoms with Gasteiger partial charge in [-0.2, -0.15) is 0 Å². The van der Waals surface area contributed by atoms with Crippen LogP contribution in [0.15, 0.2) is 84.9 Å². The third-order valence-corrected chi connectivity index (χ3v) is 9.16. The standard InChI is InChI=1S/C30H32N2O3S/c33-22-29-30(27-17-15-25(16-18-27)14-13-24-9-3-1-4-10-24)28-21-31(19-7-8-20-32(28)29)36(34,35)23-26-11-5-2-6-12-26/h1-6,9-12,15-18,28-30,33H,7-8,19-23H2/t28-,29-,30+/m0/s1. The molecule has 186 valence electrons. The van der Waals surface area contributed by atoms with Crippen molar-refractivity contribution in [3.05, 3.63) is 107 Å². The molecule has 2 fully saturated rings. The van der Waals surface area contributed by atoms with E-state index in [1.54, 1.807) is 4.31 Å². The number of aliphatic hydroxyl groups is 1. The number of rotatable bonds is 5. The zero-order chi connectivity index (χ0) is 25.0. The van der Waals surface area contributed by atoms with E-state index in [1.165, 1.54) is 0 Å². The summed E-state index contributed by atoms with van der Waals surface area (Å²) in [6.07, 6.45) is 1.75. The van der Waals surface area contributed by atoms with Crippen LogP contribution in [0.4, 0.5) is 0 Å². The molecule has 5 nitrogen and oxygen atoms in total. The molecule has 0 radical (unpaired) electrons. The van der Waals surface area contributed by atoms with Gasteiger partial charge in [0.25, 0.3) is 0 Å². The molecule has 5 rings (SSSR count). The van der Waals surface area contributed by atoms with Gasteiger partial charge in [0.15, 0.2) is 0 Å². The molecule has 36 heavy (non-hydrogen) atoms.